The molecule has 3 rings (SSSR count). The van der Waals surface area contributed by atoms with Crippen molar-refractivity contribution >= 4 is 22.9 Å². The molecule has 1 heterocycles. The molecule has 0 unspecified atom stereocenters. The van der Waals surface area contributed by atoms with Crippen molar-refractivity contribution in [1.82, 2.24) is 14.9 Å². The molecule has 0 aliphatic rings. The van der Waals surface area contributed by atoms with Gasteiger partial charge in [-0.1, -0.05) is 42.5 Å². The summed E-state index contributed by atoms with van der Waals surface area (Å²) in [5, 5.41) is 2.58. The van der Waals surface area contributed by atoms with E-state index in [0.29, 0.717) is 6.54 Å². The summed E-state index contributed by atoms with van der Waals surface area (Å²) in [4.78, 5) is 27.9. The highest BCUT2D eigenvalue weighted by atomic mass is 16.5. The normalized spacial score (nSPS) is 10.6. The summed E-state index contributed by atoms with van der Waals surface area (Å²) < 4.78 is 7.04. The Hall–Kier alpha value is -3.15. The van der Waals surface area contributed by atoms with Crippen LogP contribution in [0.2, 0.25) is 0 Å². The molecule has 0 aliphatic carbocycles. The lowest BCUT2D eigenvalue weighted by Crippen LogP contribution is -2.31. The zero-order valence-corrected chi connectivity index (χ0v) is 13.7. The Labute approximate surface area is 145 Å². The molecule has 1 aromatic heterocycles. The van der Waals surface area contributed by atoms with Gasteiger partial charge in [-0.2, -0.15) is 0 Å². The van der Waals surface area contributed by atoms with Crippen LogP contribution < -0.4 is 5.32 Å². The Bertz CT molecular complexity index is 858. The van der Waals surface area contributed by atoms with E-state index >= 15 is 0 Å². The lowest BCUT2D eigenvalue weighted by molar-refractivity contribution is -0.145. The first kappa shape index (κ1) is 16.7. The van der Waals surface area contributed by atoms with E-state index in [-0.39, 0.29) is 25.5 Å². The van der Waals surface area contributed by atoms with Gasteiger partial charge in [0.05, 0.1) is 17.4 Å². The van der Waals surface area contributed by atoms with Crippen LogP contribution in [0.3, 0.4) is 0 Å². The number of hydrogen-bond acceptors (Lipinski definition) is 4. The molecule has 3 aromatic rings. The number of carbonyl (C=O) groups is 2. The van der Waals surface area contributed by atoms with Crippen LogP contribution in [0.1, 0.15) is 12.0 Å². The van der Waals surface area contributed by atoms with E-state index in [1.165, 1.54) is 0 Å². The zero-order chi connectivity index (χ0) is 17.5. The number of benzene rings is 2. The van der Waals surface area contributed by atoms with Crippen LogP contribution in [0.4, 0.5) is 0 Å². The molecule has 1 N–H and O–H groups in total. The third-order valence-corrected chi connectivity index (χ3v) is 3.78. The first-order valence-corrected chi connectivity index (χ1v) is 8.08. The van der Waals surface area contributed by atoms with Gasteiger partial charge in [-0.15, -0.1) is 0 Å². The van der Waals surface area contributed by atoms with Crippen molar-refractivity contribution in [3.8, 4) is 0 Å². The van der Waals surface area contributed by atoms with Crippen LogP contribution >= 0.6 is 0 Å². The zero-order valence-electron chi connectivity index (χ0n) is 13.7. The molecule has 0 atom stereocenters. The van der Waals surface area contributed by atoms with Crippen molar-refractivity contribution in [1.29, 1.82) is 0 Å². The summed E-state index contributed by atoms with van der Waals surface area (Å²) in [5.74, 6) is -0.653. The summed E-state index contributed by atoms with van der Waals surface area (Å²) in [6, 6.07) is 17.2. The Balaban J connectivity index is 1.40. The predicted octanol–water partition coefficient (Wildman–Crippen LogP) is 2.29. The maximum atomic E-state index is 11.9. The highest BCUT2D eigenvalue weighted by molar-refractivity contribution is 5.82. The Morgan fingerprint density at radius 3 is 2.64 bits per heavy atom. The fraction of sp³-hybridized carbons (Fsp3) is 0.211. The van der Waals surface area contributed by atoms with Crippen LogP contribution in [0.25, 0.3) is 11.0 Å². The second kappa shape index (κ2) is 8.10. The van der Waals surface area contributed by atoms with Crippen LogP contribution in [0, 0.1) is 0 Å². The van der Waals surface area contributed by atoms with Crippen molar-refractivity contribution in [2.75, 3.05) is 6.54 Å². The Morgan fingerprint density at radius 2 is 1.80 bits per heavy atom. The van der Waals surface area contributed by atoms with E-state index in [9.17, 15) is 9.59 Å². The number of imidazole rings is 1. The van der Waals surface area contributed by atoms with Gasteiger partial charge in [0.1, 0.15) is 13.2 Å². The fourth-order valence-corrected chi connectivity index (χ4v) is 2.46. The third kappa shape index (κ3) is 4.67. The quantitative estimate of drug-likeness (QED) is 0.671. The average molecular weight is 337 g/mol. The van der Waals surface area contributed by atoms with Crippen molar-refractivity contribution in [2.24, 2.45) is 0 Å². The number of rotatable bonds is 7. The molecule has 0 fully saturated rings. The van der Waals surface area contributed by atoms with E-state index in [1.54, 1.807) is 6.33 Å². The van der Waals surface area contributed by atoms with E-state index in [2.05, 4.69) is 10.3 Å². The minimum atomic E-state index is -0.453. The monoisotopic (exact) mass is 337 g/mol. The van der Waals surface area contributed by atoms with Gasteiger partial charge < -0.3 is 14.6 Å². The van der Waals surface area contributed by atoms with E-state index in [4.69, 9.17) is 4.74 Å². The Morgan fingerprint density at radius 1 is 1.04 bits per heavy atom. The van der Waals surface area contributed by atoms with Crippen LogP contribution in [0.5, 0.6) is 0 Å². The number of ether oxygens (including phenoxy) is 1. The van der Waals surface area contributed by atoms with Gasteiger partial charge in [-0.05, 0) is 17.7 Å². The number of fused-ring (bicyclic) bond motifs is 1. The largest absolute Gasteiger partial charge is 0.460 e. The van der Waals surface area contributed by atoms with E-state index < -0.39 is 5.97 Å². The molecule has 0 aliphatic heterocycles. The highest BCUT2D eigenvalue weighted by Crippen LogP contribution is 2.11. The summed E-state index contributed by atoms with van der Waals surface area (Å²) >= 11 is 0. The molecule has 0 radical (unpaired) electrons. The predicted molar refractivity (Wildman–Crippen MR) is 93.6 cm³/mol. The van der Waals surface area contributed by atoms with Crippen LogP contribution in [-0.4, -0.2) is 28.0 Å². The summed E-state index contributed by atoms with van der Waals surface area (Å²) in [7, 11) is 0. The summed E-state index contributed by atoms with van der Waals surface area (Å²) in [6.45, 7) is 0.582. The highest BCUT2D eigenvalue weighted by Gasteiger charge is 2.08. The van der Waals surface area contributed by atoms with Gasteiger partial charge in [0.25, 0.3) is 0 Å². The number of hydrogen-bond donors (Lipinski definition) is 1. The maximum absolute atomic E-state index is 11.9. The molecule has 0 bridgehead atoms. The van der Waals surface area contributed by atoms with Crippen molar-refractivity contribution in [3.05, 3.63) is 66.5 Å². The van der Waals surface area contributed by atoms with Gasteiger partial charge in [-0.3, -0.25) is 9.59 Å². The first-order chi connectivity index (χ1) is 12.2. The molecule has 0 spiro atoms. The molecule has 0 saturated heterocycles. The number of esters is 1. The molecule has 2 aromatic carbocycles. The van der Waals surface area contributed by atoms with Crippen LogP contribution in [0.15, 0.2) is 60.9 Å². The fourth-order valence-electron chi connectivity index (χ4n) is 2.46. The molecule has 1 amide bonds. The van der Waals surface area contributed by atoms with Crippen molar-refractivity contribution in [2.45, 2.75) is 19.6 Å². The summed E-state index contributed by atoms with van der Waals surface area (Å²) in [6.07, 6.45) is 1.98. The number of amides is 1. The number of nitrogens with one attached hydrogen (secondary N) is 1. The number of para-hydroxylation sites is 2. The Kier molecular flexibility index (Phi) is 5.41. The first-order valence-electron chi connectivity index (χ1n) is 8.08. The van der Waals surface area contributed by atoms with Gasteiger partial charge in [0.15, 0.2) is 0 Å². The lowest BCUT2D eigenvalue weighted by atomic mass is 10.2. The molecule has 128 valence electrons. The van der Waals surface area contributed by atoms with E-state index in [1.807, 2.05) is 59.2 Å². The third-order valence-electron chi connectivity index (χ3n) is 3.78. The average Bonchev–Trinajstić information content (AvgIpc) is 3.07. The van der Waals surface area contributed by atoms with Gasteiger partial charge in [0.2, 0.25) is 5.91 Å². The molecular weight excluding hydrogens is 318 g/mol. The van der Waals surface area contributed by atoms with Crippen molar-refractivity contribution in [3.63, 3.8) is 0 Å². The van der Waals surface area contributed by atoms with E-state index in [0.717, 1.165) is 16.6 Å². The molecular formula is C19H19N3O3. The second-order valence-corrected chi connectivity index (χ2v) is 5.60. The molecule has 0 saturated carbocycles. The SMILES string of the molecule is O=C(CCn1cnc2ccccc21)NCC(=O)OCc1ccccc1. The molecule has 6 nitrogen and oxygen atoms in total. The standard InChI is InChI=1S/C19H19N3O3/c23-18(10-11-22-14-21-16-8-4-5-9-17(16)22)20-12-19(24)25-13-15-6-2-1-3-7-15/h1-9,14H,10-13H2,(H,20,23). The van der Waals surface area contributed by atoms with Gasteiger partial charge in [-0.25, -0.2) is 4.98 Å². The molecule has 25 heavy (non-hydrogen) atoms. The lowest BCUT2D eigenvalue weighted by Gasteiger charge is -2.07. The smallest absolute Gasteiger partial charge is 0.325 e. The van der Waals surface area contributed by atoms with Crippen LogP contribution in [-0.2, 0) is 27.5 Å². The minimum Gasteiger partial charge on any atom is -0.460 e. The maximum Gasteiger partial charge on any atom is 0.325 e. The topological polar surface area (TPSA) is 73.2 Å². The minimum absolute atomic E-state index is 0.129. The molecule has 6 heteroatoms. The van der Waals surface area contributed by atoms with Gasteiger partial charge >= 0.3 is 5.97 Å². The number of aromatic nitrogens is 2. The van der Waals surface area contributed by atoms with Gasteiger partial charge in [0, 0.05) is 13.0 Å². The number of aryl methyl sites for hydroxylation is 1. The number of carbonyl (C=O) groups excluding carboxylic acids is 2. The summed E-state index contributed by atoms with van der Waals surface area (Å²) in [5.41, 5.74) is 2.79. The number of nitrogens with zero attached hydrogens (tertiary/aromatic N) is 2. The van der Waals surface area contributed by atoms with Crippen molar-refractivity contribution < 1.29 is 14.3 Å². The second-order valence-electron chi connectivity index (χ2n) is 5.60.